The van der Waals surface area contributed by atoms with Crippen LogP contribution in [0.2, 0.25) is 0 Å². The van der Waals surface area contributed by atoms with Crippen LogP contribution in [-0.2, 0) is 6.54 Å². The summed E-state index contributed by atoms with van der Waals surface area (Å²) < 4.78 is 6.23. The molecule has 104 valence electrons. The molecule has 6 heteroatoms. The molecular weight excluding hydrogens is 324 g/mol. The van der Waals surface area contributed by atoms with Crippen LogP contribution in [0.1, 0.15) is 5.56 Å². The Bertz CT molecular complexity index is 614. The number of rotatable bonds is 5. The van der Waals surface area contributed by atoms with Crippen molar-refractivity contribution >= 4 is 21.6 Å². The van der Waals surface area contributed by atoms with Crippen molar-refractivity contribution in [3.63, 3.8) is 0 Å². The summed E-state index contributed by atoms with van der Waals surface area (Å²) in [4.78, 5) is 10.2. The van der Waals surface area contributed by atoms with Gasteiger partial charge in [-0.3, -0.25) is 10.1 Å². The van der Waals surface area contributed by atoms with Gasteiger partial charge in [-0.2, -0.15) is 0 Å². The van der Waals surface area contributed by atoms with Gasteiger partial charge in [0.05, 0.1) is 9.40 Å². The second-order valence-electron chi connectivity index (χ2n) is 4.15. The van der Waals surface area contributed by atoms with Crippen molar-refractivity contribution in [3.8, 4) is 11.5 Å². The van der Waals surface area contributed by atoms with E-state index in [1.165, 1.54) is 12.1 Å². The fourth-order valence-electron chi connectivity index (χ4n) is 1.69. The highest BCUT2D eigenvalue weighted by Crippen LogP contribution is 2.32. The number of nitro groups is 1. The molecule has 0 aromatic heterocycles. The number of non-ortho nitro benzene ring substituents is 1. The van der Waals surface area contributed by atoms with Gasteiger partial charge in [0.2, 0.25) is 0 Å². The molecule has 0 aliphatic rings. The Labute approximate surface area is 124 Å². The molecule has 2 rings (SSSR count). The Balaban J connectivity index is 2.15. The molecule has 0 spiro atoms. The van der Waals surface area contributed by atoms with E-state index in [9.17, 15) is 10.1 Å². The van der Waals surface area contributed by atoms with Crippen molar-refractivity contribution in [1.82, 2.24) is 5.32 Å². The van der Waals surface area contributed by atoms with Crippen LogP contribution in [0.5, 0.6) is 11.5 Å². The molecule has 2 aromatic rings. The third-order valence-electron chi connectivity index (χ3n) is 2.66. The van der Waals surface area contributed by atoms with Gasteiger partial charge >= 0.3 is 0 Å². The van der Waals surface area contributed by atoms with E-state index in [2.05, 4.69) is 21.2 Å². The van der Waals surface area contributed by atoms with E-state index in [1.54, 1.807) is 6.07 Å². The highest BCUT2D eigenvalue weighted by atomic mass is 79.9. The Morgan fingerprint density at radius 1 is 1.25 bits per heavy atom. The van der Waals surface area contributed by atoms with Crippen LogP contribution in [0.4, 0.5) is 5.69 Å². The van der Waals surface area contributed by atoms with E-state index in [1.807, 2.05) is 31.3 Å². The van der Waals surface area contributed by atoms with Gasteiger partial charge in [0.1, 0.15) is 11.5 Å². The second-order valence-corrected chi connectivity index (χ2v) is 5.00. The van der Waals surface area contributed by atoms with Crippen molar-refractivity contribution < 1.29 is 9.66 Å². The van der Waals surface area contributed by atoms with Crippen molar-refractivity contribution in [1.29, 1.82) is 0 Å². The maximum atomic E-state index is 10.7. The predicted molar refractivity (Wildman–Crippen MR) is 80.1 cm³/mol. The molecule has 0 heterocycles. The summed E-state index contributed by atoms with van der Waals surface area (Å²) in [5.74, 6) is 1.22. The molecule has 1 N–H and O–H groups in total. The number of benzene rings is 2. The maximum absolute atomic E-state index is 10.7. The van der Waals surface area contributed by atoms with E-state index >= 15 is 0 Å². The van der Waals surface area contributed by atoms with Gasteiger partial charge in [0.15, 0.2) is 0 Å². The quantitative estimate of drug-likeness (QED) is 0.664. The zero-order chi connectivity index (χ0) is 14.5. The van der Waals surface area contributed by atoms with Crippen LogP contribution in [0.15, 0.2) is 46.9 Å². The van der Waals surface area contributed by atoms with E-state index in [0.717, 1.165) is 12.1 Å². The van der Waals surface area contributed by atoms with Gasteiger partial charge in [-0.25, -0.2) is 0 Å². The summed E-state index contributed by atoms with van der Waals surface area (Å²) in [5, 5.41) is 13.7. The zero-order valence-electron chi connectivity index (χ0n) is 10.8. The smallest absolute Gasteiger partial charge is 0.270 e. The van der Waals surface area contributed by atoms with E-state index in [0.29, 0.717) is 16.0 Å². The molecule has 0 aliphatic heterocycles. The van der Waals surface area contributed by atoms with E-state index in [-0.39, 0.29) is 5.69 Å². The van der Waals surface area contributed by atoms with Crippen LogP contribution in [-0.4, -0.2) is 12.0 Å². The molecule has 0 atom stereocenters. The van der Waals surface area contributed by atoms with Crippen LogP contribution < -0.4 is 10.1 Å². The molecule has 0 unspecified atom stereocenters. The second kappa shape index (κ2) is 6.49. The highest BCUT2D eigenvalue weighted by molar-refractivity contribution is 9.10. The Morgan fingerprint density at radius 2 is 1.95 bits per heavy atom. The Morgan fingerprint density at radius 3 is 2.50 bits per heavy atom. The lowest BCUT2D eigenvalue weighted by Gasteiger charge is -2.08. The van der Waals surface area contributed by atoms with E-state index in [4.69, 9.17) is 4.74 Å². The highest BCUT2D eigenvalue weighted by Gasteiger charge is 2.10. The minimum absolute atomic E-state index is 0.0218. The first-order valence-corrected chi connectivity index (χ1v) is 6.75. The lowest BCUT2D eigenvalue weighted by molar-refractivity contribution is -0.384. The van der Waals surface area contributed by atoms with Crippen LogP contribution in [0.25, 0.3) is 0 Å². The normalized spacial score (nSPS) is 10.3. The monoisotopic (exact) mass is 336 g/mol. The minimum atomic E-state index is -0.443. The molecule has 0 fully saturated rings. The molecule has 0 saturated heterocycles. The van der Waals surface area contributed by atoms with Crippen LogP contribution in [0.3, 0.4) is 0 Å². The number of nitrogens with zero attached hydrogens (tertiary/aromatic N) is 1. The van der Waals surface area contributed by atoms with Gasteiger partial charge in [-0.1, -0.05) is 12.1 Å². The van der Waals surface area contributed by atoms with Crippen LogP contribution >= 0.6 is 15.9 Å². The molecule has 0 bridgehead atoms. The number of ether oxygens (including phenoxy) is 1. The Hall–Kier alpha value is -1.92. The number of halogens is 1. The summed E-state index contributed by atoms with van der Waals surface area (Å²) in [6.45, 7) is 0.793. The van der Waals surface area contributed by atoms with Gasteiger partial charge < -0.3 is 10.1 Å². The first-order chi connectivity index (χ1) is 9.60. The first kappa shape index (κ1) is 14.5. The average Bonchev–Trinajstić information content (AvgIpc) is 2.43. The van der Waals surface area contributed by atoms with Gasteiger partial charge in [-0.05, 0) is 46.7 Å². The number of nitrogens with one attached hydrogen (secondary N) is 1. The standard InChI is InChI=1S/C14H13BrN2O3/c1-16-9-10-2-5-12(6-3-10)20-14-7-4-11(17(18)19)8-13(14)15/h2-8,16H,9H2,1H3. The lowest BCUT2D eigenvalue weighted by atomic mass is 10.2. The van der Waals surface area contributed by atoms with Crippen molar-refractivity contribution in [2.45, 2.75) is 6.54 Å². The lowest BCUT2D eigenvalue weighted by Crippen LogP contribution is -2.04. The third-order valence-corrected chi connectivity index (χ3v) is 3.28. The first-order valence-electron chi connectivity index (χ1n) is 5.95. The van der Waals surface area contributed by atoms with Gasteiger partial charge in [0.25, 0.3) is 5.69 Å². The fraction of sp³-hybridized carbons (Fsp3) is 0.143. The molecule has 0 radical (unpaired) electrons. The topological polar surface area (TPSA) is 64.4 Å². The van der Waals surface area contributed by atoms with Gasteiger partial charge in [-0.15, -0.1) is 0 Å². The Kier molecular flexibility index (Phi) is 4.70. The summed E-state index contributed by atoms with van der Waals surface area (Å²) in [6, 6.07) is 12.1. The zero-order valence-corrected chi connectivity index (χ0v) is 12.4. The average molecular weight is 337 g/mol. The molecule has 20 heavy (non-hydrogen) atoms. The molecule has 0 amide bonds. The number of nitro benzene ring substituents is 1. The summed E-state index contributed by atoms with van der Waals surface area (Å²) in [6.07, 6.45) is 0. The van der Waals surface area contributed by atoms with Crippen LogP contribution in [0, 0.1) is 10.1 Å². The number of hydrogen-bond acceptors (Lipinski definition) is 4. The predicted octanol–water partition coefficient (Wildman–Crippen LogP) is 3.87. The molecule has 0 saturated carbocycles. The van der Waals surface area contributed by atoms with Gasteiger partial charge in [0, 0.05) is 18.7 Å². The third kappa shape index (κ3) is 3.55. The van der Waals surface area contributed by atoms with Crippen molar-refractivity contribution in [2.75, 3.05) is 7.05 Å². The fourth-order valence-corrected chi connectivity index (χ4v) is 2.14. The summed E-state index contributed by atoms with van der Waals surface area (Å²) in [5.41, 5.74) is 1.18. The molecule has 5 nitrogen and oxygen atoms in total. The van der Waals surface area contributed by atoms with Crippen molar-refractivity contribution in [2.24, 2.45) is 0 Å². The summed E-state index contributed by atoms with van der Waals surface area (Å²) in [7, 11) is 1.89. The molecule has 0 aliphatic carbocycles. The number of hydrogen-bond donors (Lipinski definition) is 1. The van der Waals surface area contributed by atoms with Crippen molar-refractivity contribution in [3.05, 3.63) is 62.6 Å². The molecule has 2 aromatic carbocycles. The molecular formula is C14H13BrN2O3. The largest absolute Gasteiger partial charge is 0.456 e. The van der Waals surface area contributed by atoms with E-state index < -0.39 is 4.92 Å². The minimum Gasteiger partial charge on any atom is -0.456 e. The summed E-state index contributed by atoms with van der Waals surface area (Å²) >= 11 is 3.27. The maximum Gasteiger partial charge on any atom is 0.270 e. The SMILES string of the molecule is CNCc1ccc(Oc2ccc([N+](=O)[O-])cc2Br)cc1.